The van der Waals surface area contributed by atoms with E-state index < -0.39 is 5.91 Å². The normalized spacial score (nSPS) is 10.7. The molecule has 3 N–H and O–H groups in total. The zero-order chi connectivity index (χ0) is 22.8. The number of hydrogen-bond acceptors (Lipinski definition) is 6. The molecule has 0 unspecified atom stereocenters. The van der Waals surface area contributed by atoms with Gasteiger partial charge < -0.3 is 19.6 Å². The fourth-order valence-corrected chi connectivity index (χ4v) is 3.55. The van der Waals surface area contributed by atoms with E-state index in [-0.39, 0.29) is 10.9 Å². The zero-order valence-electron chi connectivity index (χ0n) is 17.1. The van der Waals surface area contributed by atoms with Crippen LogP contribution < -0.4 is 15.4 Å². The molecule has 1 aromatic heterocycles. The largest absolute Gasteiger partial charge is 0.507 e. The maximum absolute atomic E-state index is 12.4. The Labute approximate surface area is 194 Å². The first-order valence-electron chi connectivity index (χ1n) is 9.50. The van der Waals surface area contributed by atoms with Gasteiger partial charge in [0, 0.05) is 17.3 Å². The molecule has 0 bridgehead atoms. The number of ether oxygens (including phenoxy) is 1. The fraction of sp³-hybridized carbons (Fsp3) is 0.0870. The highest BCUT2D eigenvalue weighted by Crippen LogP contribution is 2.33. The maximum atomic E-state index is 12.4. The van der Waals surface area contributed by atoms with E-state index in [0.29, 0.717) is 44.6 Å². The van der Waals surface area contributed by atoms with Crippen molar-refractivity contribution < 1.29 is 19.1 Å². The van der Waals surface area contributed by atoms with Crippen LogP contribution in [0.3, 0.4) is 0 Å². The number of fused-ring (bicyclic) bond motifs is 1. The van der Waals surface area contributed by atoms with Gasteiger partial charge in [-0.3, -0.25) is 10.1 Å². The fourth-order valence-electron chi connectivity index (χ4n) is 3.08. The Kier molecular flexibility index (Phi) is 5.98. The van der Waals surface area contributed by atoms with Gasteiger partial charge in [0.1, 0.15) is 17.0 Å². The second-order valence-corrected chi connectivity index (χ2v) is 7.80. The Hall–Kier alpha value is -3.62. The van der Waals surface area contributed by atoms with E-state index in [1.807, 2.05) is 25.1 Å². The molecule has 3 aromatic carbocycles. The number of rotatable bonds is 4. The summed E-state index contributed by atoms with van der Waals surface area (Å²) in [7, 11) is 1.49. The van der Waals surface area contributed by atoms with Gasteiger partial charge in [0.2, 0.25) is 5.89 Å². The number of phenols is 1. The number of halogens is 1. The molecule has 0 saturated carbocycles. The number of carbonyl (C=O) groups is 1. The summed E-state index contributed by atoms with van der Waals surface area (Å²) in [5, 5.41) is 16.3. The first kappa shape index (κ1) is 21.6. The Morgan fingerprint density at radius 3 is 2.69 bits per heavy atom. The summed E-state index contributed by atoms with van der Waals surface area (Å²) in [6, 6.07) is 15.2. The third-order valence-corrected chi connectivity index (χ3v) is 5.17. The summed E-state index contributed by atoms with van der Waals surface area (Å²) in [5.74, 6) is 0.291. The molecule has 0 saturated heterocycles. The molecular formula is C23H18ClN3O4S. The van der Waals surface area contributed by atoms with Gasteiger partial charge in [-0.2, -0.15) is 0 Å². The van der Waals surface area contributed by atoms with Crippen LogP contribution in [0.5, 0.6) is 11.5 Å². The molecule has 1 amide bonds. The average molecular weight is 468 g/mol. The molecule has 9 heteroatoms. The Morgan fingerprint density at radius 1 is 1.16 bits per heavy atom. The third-order valence-electron chi connectivity index (χ3n) is 4.67. The minimum atomic E-state index is -0.435. The van der Waals surface area contributed by atoms with Crippen molar-refractivity contribution in [3.05, 3.63) is 70.7 Å². The number of aromatic hydroxyl groups is 1. The highest BCUT2D eigenvalue weighted by molar-refractivity contribution is 7.80. The van der Waals surface area contributed by atoms with E-state index in [1.165, 1.54) is 19.2 Å². The van der Waals surface area contributed by atoms with Gasteiger partial charge in [-0.1, -0.05) is 17.7 Å². The topological polar surface area (TPSA) is 96.6 Å². The van der Waals surface area contributed by atoms with Crippen LogP contribution in [0.1, 0.15) is 15.9 Å². The van der Waals surface area contributed by atoms with E-state index in [1.54, 1.807) is 24.3 Å². The van der Waals surface area contributed by atoms with Crippen LogP contribution in [0.25, 0.3) is 22.6 Å². The number of phenolic OH excluding ortho intramolecular Hbond substituents is 1. The molecule has 7 nitrogen and oxygen atoms in total. The molecule has 0 aliphatic heterocycles. The van der Waals surface area contributed by atoms with Crippen molar-refractivity contribution in [1.29, 1.82) is 0 Å². The van der Waals surface area contributed by atoms with Gasteiger partial charge in [-0.15, -0.1) is 0 Å². The lowest BCUT2D eigenvalue weighted by atomic mass is 10.2. The number of thiocarbonyl (C=S) groups is 1. The highest BCUT2D eigenvalue weighted by Gasteiger charge is 2.15. The molecular weight excluding hydrogens is 450 g/mol. The summed E-state index contributed by atoms with van der Waals surface area (Å²) in [5.41, 5.74) is 3.64. The van der Waals surface area contributed by atoms with Crippen LogP contribution >= 0.6 is 23.8 Å². The summed E-state index contributed by atoms with van der Waals surface area (Å²) in [6.45, 7) is 1.96. The molecule has 0 radical (unpaired) electrons. The van der Waals surface area contributed by atoms with Gasteiger partial charge in [0.15, 0.2) is 10.7 Å². The predicted octanol–water partition coefficient (Wildman–Crippen LogP) is 5.30. The first-order valence-corrected chi connectivity index (χ1v) is 10.3. The lowest BCUT2D eigenvalue weighted by Crippen LogP contribution is -2.34. The van der Waals surface area contributed by atoms with Gasteiger partial charge in [0.05, 0.1) is 17.7 Å². The van der Waals surface area contributed by atoms with E-state index in [0.717, 1.165) is 5.56 Å². The second kappa shape index (κ2) is 8.86. The predicted molar refractivity (Wildman–Crippen MR) is 128 cm³/mol. The van der Waals surface area contributed by atoms with Crippen LogP contribution in [0.2, 0.25) is 5.02 Å². The van der Waals surface area contributed by atoms with Gasteiger partial charge in [0.25, 0.3) is 5.91 Å². The van der Waals surface area contributed by atoms with E-state index in [4.69, 9.17) is 33.0 Å². The number of carbonyl (C=O) groups excluding carboxylic acids is 1. The van der Waals surface area contributed by atoms with Crippen molar-refractivity contribution in [3.63, 3.8) is 0 Å². The molecule has 0 aliphatic carbocycles. The van der Waals surface area contributed by atoms with Gasteiger partial charge >= 0.3 is 0 Å². The smallest absolute Gasteiger partial charge is 0.257 e. The van der Waals surface area contributed by atoms with Crippen LogP contribution in [-0.4, -0.2) is 28.2 Å². The maximum Gasteiger partial charge on any atom is 0.257 e. The van der Waals surface area contributed by atoms with Crippen molar-refractivity contribution in [2.75, 3.05) is 12.4 Å². The number of hydrogen-bond donors (Lipinski definition) is 3. The second-order valence-electron chi connectivity index (χ2n) is 6.98. The lowest BCUT2D eigenvalue weighted by Gasteiger charge is -2.11. The molecule has 4 aromatic rings. The minimum absolute atomic E-state index is 0.0469. The Balaban J connectivity index is 1.46. The number of aromatic nitrogens is 1. The number of nitrogens with zero attached hydrogens (tertiary/aromatic N) is 1. The van der Waals surface area contributed by atoms with Crippen LogP contribution in [-0.2, 0) is 0 Å². The summed E-state index contributed by atoms with van der Waals surface area (Å²) in [4.78, 5) is 16.8. The van der Waals surface area contributed by atoms with Gasteiger partial charge in [-0.25, -0.2) is 4.98 Å². The molecule has 0 fully saturated rings. The average Bonchev–Trinajstić information content (AvgIpc) is 3.16. The number of amides is 1. The van der Waals surface area contributed by atoms with Crippen molar-refractivity contribution in [3.8, 4) is 23.0 Å². The summed E-state index contributed by atoms with van der Waals surface area (Å²) >= 11 is 11.3. The molecule has 4 rings (SSSR count). The molecule has 0 atom stereocenters. The first-order chi connectivity index (χ1) is 15.3. The molecule has 162 valence electrons. The number of nitrogens with one attached hydrogen (secondary N) is 2. The number of benzene rings is 3. The van der Waals surface area contributed by atoms with Crippen LogP contribution in [0.4, 0.5) is 5.69 Å². The number of anilines is 1. The number of methoxy groups -OCH3 is 1. The van der Waals surface area contributed by atoms with Crippen molar-refractivity contribution >= 4 is 51.6 Å². The minimum Gasteiger partial charge on any atom is -0.507 e. The number of oxazole rings is 1. The summed E-state index contributed by atoms with van der Waals surface area (Å²) < 4.78 is 10.8. The van der Waals surface area contributed by atoms with Gasteiger partial charge in [-0.05, 0) is 67.2 Å². The molecule has 1 heterocycles. The molecule has 0 spiro atoms. The monoisotopic (exact) mass is 467 g/mol. The zero-order valence-corrected chi connectivity index (χ0v) is 18.7. The van der Waals surface area contributed by atoms with Crippen LogP contribution in [0.15, 0.2) is 59.0 Å². The van der Waals surface area contributed by atoms with Crippen LogP contribution in [0, 0.1) is 6.92 Å². The lowest BCUT2D eigenvalue weighted by molar-refractivity contribution is 0.0977. The van der Waals surface area contributed by atoms with Crippen molar-refractivity contribution in [2.24, 2.45) is 0 Å². The Bertz CT molecular complexity index is 1350. The molecule has 0 aliphatic rings. The summed E-state index contributed by atoms with van der Waals surface area (Å²) in [6.07, 6.45) is 0. The van der Waals surface area contributed by atoms with E-state index in [2.05, 4.69) is 15.6 Å². The Morgan fingerprint density at radius 2 is 1.97 bits per heavy atom. The van der Waals surface area contributed by atoms with Crippen molar-refractivity contribution in [2.45, 2.75) is 6.92 Å². The quantitative estimate of drug-likeness (QED) is 0.350. The highest BCUT2D eigenvalue weighted by atomic mass is 35.5. The van der Waals surface area contributed by atoms with E-state index in [9.17, 15) is 9.90 Å². The van der Waals surface area contributed by atoms with E-state index >= 15 is 0 Å². The number of aryl methyl sites for hydroxylation is 1. The standard InChI is InChI=1S/C23H18ClN3O4S/c1-12-3-7-17-20(9-12)31-22(26-17)15-6-5-14(11-18(15)28)25-23(32)27-21(29)13-4-8-19(30-2)16(24)10-13/h3-11,28H,1-2H3,(H2,25,27,29,32). The third kappa shape index (κ3) is 4.51. The SMILES string of the molecule is COc1ccc(C(=O)NC(=S)Nc2ccc(-c3nc4ccc(C)cc4o3)c(O)c2)cc1Cl. The molecule has 32 heavy (non-hydrogen) atoms. The van der Waals surface area contributed by atoms with Crippen molar-refractivity contribution in [1.82, 2.24) is 10.3 Å².